The maximum Gasteiger partial charge on any atom is 0.0847 e. The van der Waals surface area contributed by atoms with E-state index in [9.17, 15) is 0 Å². The van der Waals surface area contributed by atoms with Crippen LogP contribution in [0.3, 0.4) is 0 Å². The fraction of sp³-hybridized carbons (Fsp3) is 0.769. The summed E-state index contributed by atoms with van der Waals surface area (Å²) in [5.74, 6) is 0.599. The summed E-state index contributed by atoms with van der Waals surface area (Å²) in [6.07, 6.45) is 2.13. The van der Waals surface area contributed by atoms with E-state index < -0.39 is 0 Å². The first-order valence-corrected chi connectivity index (χ1v) is 6.80. The first-order valence-electron chi connectivity index (χ1n) is 6.42. The van der Waals surface area contributed by atoms with Crippen LogP contribution in [-0.2, 0) is 13.5 Å². The average Bonchev–Trinajstić information content (AvgIpc) is 2.51. The number of rotatable bonds is 6. The van der Waals surface area contributed by atoms with Crippen LogP contribution >= 0.6 is 11.6 Å². The van der Waals surface area contributed by atoms with Crippen LogP contribution in [0.2, 0.25) is 5.02 Å². The van der Waals surface area contributed by atoms with Crippen molar-refractivity contribution in [1.82, 2.24) is 15.1 Å². The summed E-state index contributed by atoms with van der Waals surface area (Å²) in [5, 5.41) is 8.69. The predicted molar refractivity (Wildman–Crippen MR) is 73.6 cm³/mol. The summed E-state index contributed by atoms with van der Waals surface area (Å²) in [6.45, 7) is 9.59. The largest absolute Gasteiger partial charge is 0.314 e. The van der Waals surface area contributed by atoms with Crippen LogP contribution in [0.4, 0.5) is 0 Å². The van der Waals surface area contributed by atoms with Gasteiger partial charge in [-0.25, -0.2) is 0 Å². The van der Waals surface area contributed by atoms with Gasteiger partial charge in [-0.1, -0.05) is 31.9 Å². The minimum atomic E-state index is 0.510. The minimum absolute atomic E-state index is 0.510. The lowest BCUT2D eigenvalue weighted by Gasteiger charge is -2.23. The third kappa shape index (κ3) is 3.46. The monoisotopic (exact) mass is 257 g/mol. The molecule has 0 amide bonds. The molecule has 0 bridgehead atoms. The Morgan fingerprint density at radius 2 is 2.06 bits per heavy atom. The maximum atomic E-state index is 6.29. The Morgan fingerprint density at radius 1 is 1.41 bits per heavy atom. The van der Waals surface area contributed by atoms with E-state index in [1.165, 1.54) is 0 Å². The molecule has 0 aliphatic heterocycles. The van der Waals surface area contributed by atoms with Gasteiger partial charge in [-0.15, -0.1) is 0 Å². The zero-order valence-corrected chi connectivity index (χ0v) is 12.3. The van der Waals surface area contributed by atoms with Crippen LogP contribution < -0.4 is 5.32 Å². The van der Waals surface area contributed by atoms with Gasteiger partial charge in [-0.05, 0) is 32.7 Å². The molecule has 1 aromatic heterocycles. The third-order valence-corrected chi connectivity index (χ3v) is 3.97. The number of halogens is 1. The molecule has 0 fully saturated rings. The van der Waals surface area contributed by atoms with Gasteiger partial charge in [0.15, 0.2) is 0 Å². The number of nitrogens with zero attached hydrogens (tertiary/aromatic N) is 2. The molecule has 0 spiro atoms. The number of hydrogen-bond acceptors (Lipinski definition) is 2. The molecule has 0 radical (unpaired) electrons. The molecule has 2 unspecified atom stereocenters. The Balaban J connectivity index is 2.80. The van der Waals surface area contributed by atoms with Crippen LogP contribution in [0, 0.1) is 12.8 Å². The van der Waals surface area contributed by atoms with Gasteiger partial charge in [0, 0.05) is 13.1 Å². The molecule has 1 N–H and O–H groups in total. The second kappa shape index (κ2) is 6.41. The molecule has 0 saturated carbocycles. The molecular formula is C13H24ClN3. The molecule has 1 rings (SSSR count). The maximum absolute atomic E-state index is 6.29. The summed E-state index contributed by atoms with van der Waals surface area (Å²) in [7, 11) is 1.97. The lowest BCUT2D eigenvalue weighted by molar-refractivity contribution is 0.361. The van der Waals surface area contributed by atoms with Crippen molar-refractivity contribution >= 4 is 11.6 Å². The number of aryl methyl sites for hydroxylation is 2. The van der Waals surface area contributed by atoms with Gasteiger partial charge in [-0.2, -0.15) is 5.10 Å². The SMILES string of the molecule is CCNC(C)C(CC)Cc1c(Cl)c(C)nn1C. The van der Waals surface area contributed by atoms with Crippen LogP contribution in [0.1, 0.15) is 38.6 Å². The van der Waals surface area contributed by atoms with Crippen molar-refractivity contribution in [3.05, 3.63) is 16.4 Å². The highest BCUT2D eigenvalue weighted by Gasteiger charge is 2.20. The van der Waals surface area contributed by atoms with E-state index in [0.717, 1.165) is 35.8 Å². The molecule has 4 heteroatoms. The Labute approximate surface area is 110 Å². The van der Waals surface area contributed by atoms with E-state index in [1.807, 2.05) is 18.7 Å². The van der Waals surface area contributed by atoms with Crippen LogP contribution in [0.5, 0.6) is 0 Å². The minimum Gasteiger partial charge on any atom is -0.314 e. The number of aromatic nitrogens is 2. The topological polar surface area (TPSA) is 29.9 Å². The van der Waals surface area contributed by atoms with Crippen molar-refractivity contribution in [2.24, 2.45) is 13.0 Å². The van der Waals surface area contributed by atoms with E-state index >= 15 is 0 Å². The zero-order valence-electron chi connectivity index (χ0n) is 11.5. The Hall–Kier alpha value is -0.540. The summed E-state index contributed by atoms with van der Waals surface area (Å²) in [5.41, 5.74) is 2.08. The molecule has 0 aromatic carbocycles. The van der Waals surface area contributed by atoms with Gasteiger partial charge in [-0.3, -0.25) is 4.68 Å². The Morgan fingerprint density at radius 3 is 2.47 bits per heavy atom. The van der Waals surface area contributed by atoms with Crippen molar-refractivity contribution in [1.29, 1.82) is 0 Å². The smallest absolute Gasteiger partial charge is 0.0847 e. The lowest BCUT2D eigenvalue weighted by atomic mass is 9.93. The third-order valence-electron chi connectivity index (χ3n) is 3.47. The second-order valence-electron chi connectivity index (χ2n) is 4.69. The Kier molecular flexibility index (Phi) is 5.47. The van der Waals surface area contributed by atoms with Gasteiger partial charge in [0.25, 0.3) is 0 Å². The van der Waals surface area contributed by atoms with Gasteiger partial charge in [0.05, 0.1) is 16.4 Å². The standard InChI is InChI=1S/C13H24ClN3/c1-6-11(9(3)15-7-2)8-12-13(14)10(4)16-17(12)5/h9,11,15H,6-8H2,1-5H3. The van der Waals surface area contributed by atoms with E-state index in [0.29, 0.717) is 12.0 Å². The molecule has 17 heavy (non-hydrogen) atoms. The highest BCUT2D eigenvalue weighted by molar-refractivity contribution is 6.31. The molecule has 3 nitrogen and oxygen atoms in total. The van der Waals surface area contributed by atoms with Crippen molar-refractivity contribution in [2.75, 3.05) is 6.54 Å². The van der Waals surface area contributed by atoms with Crippen LogP contribution in [0.15, 0.2) is 0 Å². The highest BCUT2D eigenvalue weighted by Crippen LogP contribution is 2.24. The summed E-state index contributed by atoms with van der Waals surface area (Å²) < 4.78 is 1.92. The fourth-order valence-electron chi connectivity index (χ4n) is 2.31. The summed E-state index contributed by atoms with van der Waals surface area (Å²) in [4.78, 5) is 0. The average molecular weight is 258 g/mol. The van der Waals surface area contributed by atoms with E-state index in [-0.39, 0.29) is 0 Å². The van der Waals surface area contributed by atoms with Crippen LogP contribution in [-0.4, -0.2) is 22.4 Å². The summed E-state index contributed by atoms with van der Waals surface area (Å²) >= 11 is 6.29. The molecule has 0 saturated heterocycles. The van der Waals surface area contributed by atoms with Crippen molar-refractivity contribution < 1.29 is 0 Å². The molecular weight excluding hydrogens is 234 g/mol. The van der Waals surface area contributed by atoms with Gasteiger partial charge in [0.2, 0.25) is 0 Å². The first kappa shape index (κ1) is 14.5. The van der Waals surface area contributed by atoms with Crippen LogP contribution in [0.25, 0.3) is 0 Å². The highest BCUT2D eigenvalue weighted by atomic mass is 35.5. The molecule has 2 atom stereocenters. The summed E-state index contributed by atoms with van der Waals surface area (Å²) in [6, 6.07) is 0.510. The van der Waals surface area contributed by atoms with Crippen molar-refractivity contribution in [3.8, 4) is 0 Å². The van der Waals surface area contributed by atoms with Crippen molar-refractivity contribution in [2.45, 2.75) is 46.6 Å². The normalized spacial score (nSPS) is 14.9. The molecule has 0 aliphatic carbocycles. The fourth-order valence-corrected chi connectivity index (χ4v) is 2.55. The number of hydrogen-bond donors (Lipinski definition) is 1. The lowest BCUT2D eigenvalue weighted by Crippen LogP contribution is -2.34. The molecule has 1 aromatic rings. The van der Waals surface area contributed by atoms with Gasteiger partial charge < -0.3 is 5.32 Å². The number of nitrogens with one attached hydrogen (secondary N) is 1. The van der Waals surface area contributed by atoms with E-state index in [1.54, 1.807) is 0 Å². The van der Waals surface area contributed by atoms with Gasteiger partial charge >= 0.3 is 0 Å². The Bertz CT molecular complexity index is 360. The van der Waals surface area contributed by atoms with E-state index in [4.69, 9.17) is 11.6 Å². The second-order valence-corrected chi connectivity index (χ2v) is 5.07. The first-order chi connectivity index (χ1) is 8.01. The van der Waals surface area contributed by atoms with Crippen molar-refractivity contribution in [3.63, 3.8) is 0 Å². The molecule has 98 valence electrons. The molecule has 1 heterocycles. The predicted octanol–water partition coefficient (Wildman–Crippen LogP) is 2.95. The molecule has 0 aliphatic rings. The van der Waals surface area contributed by atoms with Gasteiger partial charge in [0.1, 0.15) is 0 Å². The quantitative estimate of drug-likeness (QED) is 0.849. The van der Waals surface area contributed by atoms with E-state index in [2.05, 4.69) is 31.2 Å². The zero-order chi connectivity index (χ0) is 13.0.